The van der Waals surface area contributed by atoms with Crippen molar-refractivity contribution in [2.45, 2.75) is 25.3 Å². The molecule has 1 aliphatic carbocycles. The third-order valence-electron chi connectivity index (χ3n) is 3.83. The van der Waals surface area contributed by atoms with Crippen LogP contribution in [0.25, 0.3) is 11.0 Å². The van der Waals surface area contributed by atoms with E-state index in [0.717, 1.165) is 37.7 Å². The van der Waals surface area contributed by atoms with E-state index in [1.54, 1.807) is 0 Å². The molecule has 0 amide bonds. The first-order chi connectivity index (χ1) is 9.33. The molecule has 1 aromatic heterocycles. The zero-order chi connectivity index (χ0) is 13.1. The van der Waals surface area contributed by atoms with E-state index in [-0.39, 0.29) is 0 Å². The van der Waals surface area contributed by atoms with Crippen molar-refractivity contribution >= 4 is 11.0 Å². The van der Waals surface area contributed by atoms with Crippen molar-refractivity contribution in [2.24, 2.45) is 0 Å². The van der Waals surface area contributed by atoms with Gasteiger partial charge >= 0.3 is 0 Å². The van der Waals surface area contributed by atoms with E-state index in [4.69, 9.17) is 4.42 Å². The van der Waals surface area contributed by atoms with Crippen molar-refractivity contribution in [1.82, 2.24) is 10.2 Å². The second-order valence-electron chi connectivity index (χ2n) is 5.54. The molecule has 0 spiro atoms. The summed E-state index contributed by atoms with van der Waals surface area (Å²) in [6.07, 6.45) is 5.69. The third-order valence-corrected chi connectivity index (χ3v) is 3.83. The highest BCUT2D eigenvalue weighted by atomic mass is 16.3. The van der Waals surface area contributed by atoms with Crippen LogP contribution >= 0.6 is 0 Å². The maximum Gasteiger partial charge on any atom is 0.134 e. The van der Waals surface area contributed by atoms with E-state index < -0.39 is 0 Å². The Bertz CT molecular complexity index is 530. The van der Waals surface area contributed by atoms with Gasteiger partial charge in [-0.1, -0.05) is 18.2 Å². The Kier molecular flexibility index (Phi) is 3.85. The molecule has 1 heterocycles. The predicted octanol–water partition coefficient (Wildman–Crippen LogP) is 2.66. The molecule has 0 unspecified atom stereocenters. The molecule has 0 saturated heterocycles. The van der Waals surface area contributed by atoms with Gasteiger partial charge in [0.15, 0.2) is 0 Å². The van der Waals surface area contributed by atoms with E-state index in [0.29, 0.717) is 0 Å². The molecular formula is C16H22N2O. The number of hydrogen-bond acceptors (Lipinski definition) is 3. The number of nitrogens with one attached hydrogen (secondary N) is 1. The lowest BCUT2D eigenvalue weighted by Gasteiger charge is -2.16. The van der Waals surface area contributed by atoms with Crippen LogP contribution in [-0.2, 0) is 6.42 Å². The number of nitrogens with zero attached hydrogens (tertiary/aromatic N) is 1. The van der Waals surface area contributed by atoms with Crippen molar-refractivity contribution in [3.63, 3.8) is 0 Å². The minimum atomic E-state index is 0.811. The van der Waals surface area contributed by atoms with Crippen LogP contribution in [0.15, 0.2) is 34.9 Å². The predicted molar refractivity (Wildman–Crippen MR) is 78.4 cm³/mol. The minimum absolute atomic E-state index is 0.811. The summed E-state index contributed by atoms with van der Waals surface area (Å²) >= 11 is 0. The first-order valence-electron chi connectivity index (χ1n) is 7.20. The second kappa shape index (κ2) is 5.76. The van der Waals surface area contributed by atoms with Crippen molar-refractivity contribution in [1.29, 1.82) is 0 Å². The molecule has 2 aromatic rings. The average Bonchev–Trinajstić information content (AvgIpc) is 3.16. The van der Waals surface area contributed by atoms with Gasteiger partial charge in [0.2, 0.25) is 0 Å². The summed E-state index contributed by atoms with van der Waals surface area (Å²) in [6, 6.07) is 9.08. The normalized spacial score (nSPS) is 15.5. The van der Waals surface area contributed by atoms with Gasteiger partial charge in [0, 0.05) is 31.1 Å². The van der Waals surface area contributed by atoms with Crippen LogP contribution in [0.1, 0.15) is 18.4 Å². The number of para-hydroxylation sites is 1. The van der Waals surface area contributed by atoms with Crippen molar-refractivity contribution in [3.05, 3.63) is 36.1 Å². The summed E-state index contributed by atoms with van der Waals surface area (Å²) in [5.74, 6) is 0. The summed E-state index contributed by atoms with van der Waals surface area (Å²) in [5.41, 5.74) is 2.31. The summed E-state index contributed by atoms with van der Waals surface area (Å²) in [4.78, 5) is 2.39. The quantitative estimate of drug-likeness (QED) is 0.827. The number of hydrogen-bond donors (Lipinski definition) is 1. The fourth-order valence-corrected chi connectivity index (χ4v) is 2.40. The summed E-state index contributed by atoms with van der Waals surface area (Å²) in [7, 11) is 2.19. The van der Waals surface area contributed by atoms with Gasteiger partial charge in [-0.15, -0.1) is 0 Å². The van der Waals surface area contributed by atoms with Gasteiger partial charge in [-0.2, -0.15) is 0 Å². The lowest BCUT2D eigenvalue weighted by Crippen LogP contribution is -2.31. The van der Waals surface area contributed by atoms with E-state index in [1.807, 2.05) is 18.4 Å². The first-order valence-corrected chi connectivity index (χ1v) is 7.20. The first kappa shape index (κ1) is 12.7. The lowest BCUT2D eigenvalue weighted by atomic mass is 10.1. The molecule has 102 valence electrons. The summed E-state index contributed by atoms with van der Waals surface area (Å²) < 4.78 is 5.57. The van der Waals surface area contributed by atoms with E-state index in [2.05, 4.69) is 29.4 Å². The van der Waals surface area contributed by atoms with Gasteiger partial charge in [0.25, 0.3) is 0 Å². The lowest BCUT2D eigenvalue weighted by molar-refractivity contribution is 0.335. The largest absolute Gasteiger partial charge is 0.464 e. The zero-order valence-electron chi connectivity index (χ0n) is 11.6. The zero-order valence-corrected chi connectivity index (χ0v) is 11.6. The fourth-order valence-electron chi connectivity index (χ4n) is 2.40. The highest BCUT2D eigenvalue weighted by Gasteiger charge is 2.19. The fraction of sp³-hybridized carbons (Fsp3) is 0.500. The van der Waals surface area contributed by atoms with Gasteiger partial charge in [0.1, 0.15) is 5.58 Å². The van der Waals surface area contributed by atoms with Crippen LogP contribution in [0.3, 0.4) is 0 Å². The highest BCUT2D eigenvalue weighted by Crippen LogP contribution is 2.21. The Morgan fingerprint density at radius 1 is 1.26 bits per heavy atom. The average molecular weight is 258 g/mol. The molecule has 1 aromatic carbocycles. The van der Waals surface area contributed by atoms with Crippen LogP contribution in [0, 0.1) is 0 Å². The number of rotatable bonds is 7. The standard InChI is InChI=1S/C16H22N2O/c1-18(11-9-17-14-6-7-14)10-8-13-12-19-16-5-3-2-4-15(13)16/h2-5,12,14,17H,6-11H2,1H3. The Morgan fingerprint density at radius 3 is 2.95 bits per heavy atom. The van der Waals surface area contributed by atoms with Gasteiger partial charge in [-0.3, -0.25) is 0 Å². The Balaban J connectivity index is 1.47. The molecule has 0 aliphatic heterocycles. The van der Waals surface area contributed by atoms with E-state index in [9.17, 15) is 0 Å². The van der Waals surface area contributed by atoms with Crippen LogP contribution in [0.5, 0.6) is 0 Å². The molecule has 3 rings (SSSR count). The number of furan rings is 1. The summed E-state index contributed by atoms with van der Waals surface area (Å²) in [6.45, 7) is 3.30. The van der Waals surface area contributed by atoms with Crippen LogP contribution in [-0.4, -0.2) is 37.6 Å². The van der Waals surface area contributed by atoms with Gasteiger partial charge < -0.3 is 14.6 Å². The van der Waals surface area contributed by atoms with Crippen LogP contribution in [0.2, 0.25) is 0 Å². The molecule has 0 bridgehead atoms. The Morgan fingerprint density at radius 2 is 2.11 bits per heavy atom. The Hall–Kier alpha value is -1.32. The number of benzene rings is 1. The molecule has 1 saturated carbocycles. The number of fused-ring (bicyclic) bond motifs is 1. The topological polar surface area (TPSA) is 28.4 Å². The maximum atomic E-state index is 5.57. The molecule has 1 N–H and O–H groups in total. The molecule has 1 fully saturated rings. The second-order valence-corrected chi connectivity index (χ2v) is 5.54. The molecular weight excluding hydrogens is 236 g/mol. The van der Waals surface area contributed by atoms with Crippen LogP contribution < -0.4 is 5.32 Å². The third kappa shape index (κ3) is 3.37. The maximum absolute atomic E-state index is 5.57. The van der Waals surface area contributed by atoms with E-state index >= 15 is 0 Å². The smallest absolute Gasteiger partial charge is 0.134 e. The molecule has 3 nitrogen and oxygen atoms in total. The van der Waals surface area contributed by atoms with Crippen LogP contribution in [0.4, 0.5) is 0 Å². The molecule has 3 heteroatoms. The Labute approximate surface area is 114 Å². The number of likely N-dealkylation sites (N-methyl/N-ethyl adjacent to an activating group) is 1. The van der Waals surface area contributed by atoms with E-state index in [1.165, 1.54) is 23.8 Å². The van der Waals surface area contributed by atoms with Gasteiger partial charge in [-0.25, -0.2) is 0 Å². The highest BCUT2D eigenvalue weighted by molar-refractivity contribution is 5.80. The van der Waals surface area contributed by atoms with Gasteiger partial charge in [0.05, 0.1) is 6.26 Å². The van der Waals surface area contributed by atoms with Crippen molar-refractivity contribution in [3.8, 4) is 0 Å². The van der Waals surface area contributed by atoms with Gasteiger partial charge in [-0.05, 0) is 37.9 Å². The van der Waals surface area contributed by atoms with Crippen molar-refractivity contribution < 1.29 is 4.42 Å². The monoisotopic (exact) mass is 258 g/mol. The molecule has 19 heavy (non-hydrogen) atoms. The minimum Gasteiger partial charge on any atom is -0.464 e. The SMILES string of the molecule is CN(CCNC1CC1)CCc1coc2ccccc12. The summed E-state index contributed by atoms with van der Waals surface area (Å²) in [5, 5.41) is 4.81. The molecule has 1 aliphatic rings. The molecule has 0 atom stereocenters. The van der Waals surface area contributed by atoms with Crippen molar-refractivity contribution in [2.75, 3.05) is 26.7 Å². The molecule has 0 radical (unpaired) electrons.